The lowest BCUT2D eigenvalue weighted by atomic mass is 9.70. The summed E-state index contributed by atoms with van der Waals surface area (Å²) in [7, 11) is 0. The number of hydrogen-bond acceptors (Lipinski definition) is 2. The molecule has 1 fully saturated rings. The fourth-order valence-electron chi connectivity index (χ4n) is 2.81. The van der Waals surface area contributed by atoms with E-state index in [1.54, 1.807) is 0 Å². The molecule has 116 valence electrons. The van der Waals surface area contributed by atoms with Crippen molar-refractivity contribution in [1.29, 1.82) is 0 Å². The summed E-state index contributed by atoms with van der Waals surface area (Å²) in [5.41, 5.74) is 6.35. The molecule has 0 aromatic carbocycles. The van der Waals surface area contributed by atoms with E-state index in [-0.39, 0.29) is 11.8 Å². The van der Waals surface area contributed by atoms with Gasteiger partial charge in [-0.3, -0.25) is 4.79 Å². The Labute approximate surface area is 121 Å². The maximum atomic E-state index is 11.4. The molecule has 19 heavy (non-hydrogen) atoms. The molecule has 2 unspecified atom stereocenters. The van der Waals surface area contributed by atoms with Crippen LogP contribution < -0.4 is 5.73 Å². The summed E-state index contributed by atoms with van der Waals surface area (Å²) in [6.07, 6.45) is 6.59. The van der Waals surface area contributed by atoms with E-state index >= 15 is 0 Å². The smallest absolute Gasteiger partial charge is 0.149 e. The van der Waals surface area contributed by atoms with Crippen molar-refractivity contribution in [1.82, 2.24) is 0 Å². The number of hydrogen-bond donors (Lipinski definition) is 1. The number of nitrogens with two attached hydrogens (primary N) is 1. The van der Waals surface area contributed by atoms with Crippen LogP contribution in [0.3, 0.4) is 0 Å². The van der Waals surface area contributed by atoms with Crippen molar-refractivity contribution in [2.75, 3.05) is 0 Å². The Hall–Kier alpha value is -0.370. The molecule has 2 heteroatoms. The molecule has 0 amide bonds. The molecule has 0 aromatic heterocycles. The van der Waals surface area contributed by atoms with Crippen LogP contribution in [-0.2, 0) is 4.79 Å². The second-order valence-electron chi connectivity index (χ2n) is 5.79. The van der Waals surface area contributed by atoms with Crippen molar-refractivity contribution in [3.8, 4) is 0 Å². The fourth-order valence-corrected chi connectivity index (χ4v) is 2.81. The van der Waals surface area contributed by atoms with Crippen molar-refractivity contribution in [2.45, 2.75) is 93.0 Å². The summed E-state index contributed by atoms with van der Waals surface area (Å²) in [5, 5.41) is 0. The molecule has 0 heterocycles. The lowest BCUT2D eigenvalue weighted by Crippen LogP contribution is -2.34. The Morgan fingerprint density at radius 1 is 1.26 bits per heavy atom. The molecule has 1 saturated carbocycles. The lowest BCUT2D eigenvalue weighted by Gasteiger charge is -2.36. The molecule has 2 nitrogen and oxygen atoms in total. The highest BCUT2D eigenvalue weighted by atomic mass is 16.1. The van der Waals surface area contributed by atoms with Gasteiger partial charge in [0.2, 0.25) is 0 Å². The molecule has 0 bridgehead atoms. The minimum absolute atomic E-state index is 0.214. The average Bonchev–Trinajstić information content (AvgIpc) is 2.41. The van der Waals surface area contributed by atoms with E-state index in [1.807, 2.05) is 34.6 Å². The number of rotatable bonds is 4. The van der Waals surface area contributed by atoms with Gasteiger partial charge in [0.25, 0.3) is 0 Å². The summed E-state index contributed by atoms with van der Waals surface area (Å²) in [6, 6.07) is -0.214. The summed E-state index contributed by atoms with van der Waals surface area (Å²) >= 11 is 0. The average molecular weight is 271 g/mol. The summed E-state index contributed by atoms with van der Waals surface area (Å²) in [5.74, 6) is 0.887. The molecule has 0 spiro atoms. The van der Waals surface area contributed by atoms with Gasteiger partial charge >= 0.3 is 0 Å². The third-order valence-electron chi connectivity index (χ3n) is 3.66. The van der Waals surface area contributed by atoms with Gasteiger partial charge in [0, 0.05) is 6.42 Å². The van der Waals surface area contributed by atoms with Crippen LogP contribution in [0, 0.1) is 11.3 Å². The summed E-state index contributed by atoms with van der Waals surface area (Å²) in [4.78, 5) is 11.4. The molecule has 0 saturated heterocycles. The first-order valence-corrected chi connectivity index (χ1v) is 8.23. The molecule has 2 N–H and O–H groups in total. The summed E-state index contributed by atoms with van der Waals surface area (Å²) in [6.45, 7) is 14.5. The van der Waals surface area contributed by atoms with Gasteiger partial charge in [-0.05, 0) is 30.6 Å². The first kappa shape index (κ1) is 20.9. The van der Waals surface area contributed by atoms with Crippen LogP contribution >= 0.6 is 0 Å². The van der Waals surface area contributed by atoms with Gasteiger partial charge in [0.15, 0.2) is 0 Å². The first-order valence-electron chi connectivity index (χ1n) is 8.23. The monoisotopic (exact) mass is 271 g/mol. The Bertz CT molecular complexity index is 223. The van der Waals surface area contributed by atoms with E-state index in [0.29, 0.717) is 17.8 Å². The number of Topliss-reactive ketones (excluding diaryl/α,β-unsaturated/α-hetero) is 1. The molecular formula is C17H37NO. The van der Waals surface area contributed by atoms with E-state index in [0.717, 1.165) is 6.42 Å². The highest BCUT2D eigenvalue weighted by molar-refractivity contribution is 5.83. The minimum Gasteiger partial charge on any atom is -0.322 e. The Kier molecular flexibility index (Phi) is 12.6. The van der Waals surface area contributed by atoms with E-state index in [4.69, 9.17) is 5.73 Å². The van der Waals surface area contributed by atoms with Crippen molar-refractivity contribution in [3.63, 3.8) is 0 Å². The first-order chi connectivity index (χ1) is 8.94. The van der Waals surface area contributed by atoms with Crippen LogP contribution in [0.5, 0.6) is 0 Å². The zero-order valence-electron chi connectivity index (χ0n) is 14.4. The quantitative estimate of drug-likeness (QED) is 0.786. The van der Waals surface area contributed by atoms with Gasteiger partial charge in [0.1, 0.15) is 5.78 Å². The standard InChI is InChI=1S/C13H25NO.2C2H6/c1-4-12(15)11(14)8-10-6-5-7-13(2,3)9-10;2*1-2/h10-11H,4-9,14H2,1-3H3;2*1-2H3. The topological polar surface area (TPSA) is 43.1 Å². The molecular weight excluding hydrogens is 234 g/mol. The van der Waals surface area contributed by atoms with Gasteiger partial charge in [-0.2, -0.15) is 0 Å². The molecule has 2 atom stereocenters. The third kappa shape index (κ3) is 9.21. The zero-order chi connectivity index (χ0) is 15.5. The second-order valence-corrected chi connectivity index (χ2v) is 5.79. The van der Waals surface area contributed by atoms with Crippen molar-refractivity contribution in [3.05, 3.63) is 0 Å². The van der Waals surface area contributed by atoms with Crippen LogP contribution in [0.15, 0.2) is 0 Å². The lowest BCUT2D eigenvalue weighted by molar-refractivity contribution is -0.120. The van der Waals surface area contributed by atoms with Gasteiger partial charge < -0.3 is 5.73 Å². The number of carbonyl (C=O) groups is 1. The largest absolute Gasteiger partial charge is 0.322 e. The van der Waals surface area contributed by atoms with Crippen LogP contribution in [0.25, 0.3) is 0 Å². The van der Waals surface area contributed by atoms with E-state index < -0.39 is 0 Å². The zero-order valence-corrected chi connectivity index (χ0v) is 14.4. The number of carbonyl (C=O) groups excluding carboxylic acids is 1. The van der Waals surface area contributed by atoms with Crippen LogP contribution in [0.4, 0.5) is 0 Å². The highest BCUT2D eigenvalue weighted by Crippen LogP contribution is 2.40. The van der Waals surface area contributed by atoms with Crippen molar-refractivity contribution < 1.29 is 4.79 Å². The normalized spacial score (nSPS) is 22.2. The van der Waals surface area contributed by atoms with Gasteiger partial charge in [0.05, 0.1) is 6.04 Å². The van der Waals surface area contributed by atoms with Crippen LogP contribution in [0.1, 0.15) is 87.0 Å². The van der Waals surface area contributed by atoms with Crippen LogP contribution in [0.2, 0.25) is 0 Å². The van der Waals surface area contributed by atoms with Gasteiger partial charge in [-0.1, -0.05) is 61.3 Å². The summed E-state index contributed by atoms with van der Waals surface area (Å²) < 4.78 is 0. The maximum absolute atomic E-state index is 11.4. The Balaban J connectivity index is 0. The molecule has 1 aliphatic carbocycles. The van der Waals surface area contributed by atoms with Gasteiger partial charge in [-0.15, -0.1) is 0 Å². The molecule has 1 aliphatic rings. The number of ketones is 1. The molecule has 0 aromatic rings. The predicted molar refractivity (Wildman–Crippen MR) is 86.3 cm³/mol. The van der Waals surface area contributed by atoms with Crippen molar-refractivity contribution in [2.24, 2.45) is 17.1 Å². The third-order valence-corrected chi connectivity index (χ3v) is 3.66. The van der Waals surface area contributed by atoms with E-state index in [2.05, 4.69) is 13.8 Å². The molecule has 1 rings (SSSR count). The SMILES string of the molecule is CC.CC.CCC(=O)C(N)CC1CCCC(C)(C)C1. The Morgan fingerprint density at radius 3 is 2.21 bits per heavy atom. The Morgan fingerprint density at radius 2 is 1.79 bits per heavy atom. The van der Waals surface area contributed by atoms with E-state index in [9.17, 15) is 4.79 Å². The second kappa shape index (κ2) is 11.5. The molecule has 0 aliphatic heterocycles. The minimum atomic E-state index is -0.214. The van der Waals surface area contributed by atoms with E-state index in [1.165, 1.54) is 25.7 Å². The van der Waals surface area contributed by atoms with Crippen molar-refractivity contribution >= 4 is 5.78 Å². The predicted octanol–water partition coefficient (Wildman–Crippen LogP) is 4.95. The fraction of sp³-hybridized carbons (Fsp3) is 0.941. The molecule has 0 radical (unpaired) electrons. The van der Waals surface area contributed by atoms with Gasteiger partial charge in [-0.25, -0.2) is 0 Å². The maximum Gasteiger partial charge on any atom is 0.149 e. The van der Waals surface area contributed by atoms with Crippen LogP contribution in [-0.4, -0.2) is 11.8 Å². The highest BCUT2D eigenvalue weighted by Gasteiger charge is 2.29.